The summed E-state index contributed by atoms with van der Waals surface area (Å²) >= 11 is 0. The molecule has 0 radical (unpaired) electrons. The fraction of sp³-hybridized carbons (Fsp3) is 0.650. The highest BCUT2D eigenvalue weighted by Crippen LogP contribution is 2.47. The van der Waals surface area contributed by atoms with E-state index in [0.29, 0.717) is 18.4 Å². The number of likely N-dealkylation sites (tertiary alicyclic amines) is 1. The summed E-state index contributed by atoms with van der Waals surface area (Å²) in [6.07, 6.45) is -0.0877. The van der Waals surface area contributed by atoms with Gasteiger partial charge in [-0.1, -0.05) is 12.1 Å². The largest absolute Gasteiger partial charge is 0.416 e. The third-order valence-electron chi connectivity index (χ3n) is 6.59. The maximum absolute atomic E-state index is 12.7. The number of amides is 1. The fourth-order valence-corrected chi connectivity index (χ4v) is 5.17. The number of rotatable bonds is 4. The number of nitrogens with one attached hydrogen (secondary N) is 1. The molecule has 1 saturated heterocycles. The van der Waals surface area contributed by atoms with Crippen molar-refractivity contribution >= 4 is 5.91 Å². The van der Waals surface area contributed by atoms with Gasteiger partial charge in [0.15, 0.2) is 0 Å². The molecule has 7 heteroatoms. The van der Waals surface area contributed by atoms with Crippen LogP contribution in [0.25, 0.3) is 0 Å². The summed E-state index contributed by atoms with van der Waals surface area (Å²) in [6.45, 7) is 2.15. The number of hydrogen-bond acceptors (Lipinski definition) is 3. The number of alkyl halides is 3. The van der Waals surface area contributed by atoms with Crippen molar-refractivity contribution in [2.45, 2.75) is 50.5 Å². The van der Waals surface area contributed by atoms with Gasteiger partial charge in [0.25, 0.3) is 0 Å². The van der Waals surface area contributed by atoms with Crippen LogP contribution in [0.1, 0.15) is 36.8 Å². The molecule has 1 aromatic carbocycles. The third kappa shape index (κ3) is 3.85. The van der Waals surface area contributed by atoms with Crippen molar-refractivity contribution in [3.63, 3.8) is 0 Å². The molecule has 148 valence electrons. The maximum atomic E-state index is 12.7. The normalized spacial score (nSPS) is 33.6. The highest BCUT2D eigenvalue weighted by Gasteiger charge is 2.49. The van der Waals surface area contributed by atoms with Gasteiger partial charge in [-0.25, -0.2) is 0 Å². The Kier molecular flexibility index (Phi) is 4.93. The SMILES string of the molecule is NC1C2CCC(C2)C1C(=O)NC1CCN(Cc2ccc(C(F)(F)F)cc2)C1. The minimum atomic E-state index is -4.30. The zero-order chi connectivity index (χ0) is 19.2. The van der Waals surface area contributed by atoms with E-state index >= 15 is 0 Å². The molecule has 2 bridgehead atoms. The predicted molar refractivity (Wildman–Crippen MR) is 95.6 cm³/mol. The van der Waals surface area contributed by atoms with Crippen LogP contribution in [0.2, 0.25) is 0 Å². The Balaban J connectivity index is 1.28. The number of hydrogen-bond donors (Lipinski definition) is 2. The second-order valence-electron chi connectivity index (χ2n) is 8.36. The van der Waals surface area contributed by atoms with Crippen molar-refractivity contribution < 1.29 is 18.0 Å². The molecule has 27 heavy (non-hydrogen) atoms. The predicted octanol–water partition coefficient (Wildman–Crippen LogP) is 2.77. The quantitative estimate of drug-likeness (QED) is 0.843. The van der Waals surface area contributed by atoms with Gasteiger partial charge < -0.3 is 11.1 Å². The van der Waals surface area contributed by atoms with Crippen molar-refractivity contribution in [1.82, 2.24) is 10.2 Å². The number of halogens is 3. The van der Waals surface area contributed by atoms with Crippen molar-refractivity contribution in [3.05, 3.63) is 35.4 Å². The summed E-state index contributed by atoms with van der Waals surface area (Å²) < 4.78 is 37.9. The highest BCUT2D eigenvalue weighted by molar-refractivity contribution is 5.80. The van der Waals surface area contributed by atoms with Crippen LogP contribution in [0.5, 0.6) is 0 Å². The number of fused-ring (bicyclic) bond motifs is 2. The zero-order valence-electron chi connectivity index (χ0n) is 15.2. The van der Waals surface area contributed by atoms with Gasteiger partial charge >= 0.3 is 6.18 Å². The summed E-state index contributed by atoms with van der Waals surface area (Å²) in [4.78, 5) is 14.9. The first-order chi connectivity index (χ1) is 12.8. The van der Waals surface area contributed by atoms with Gasteiger partial charge in [-0.15, -0.1) is 0 Å². The van der Waals surface area contributed by atoms with Crippen LogP contribution in [-0.2, 0) is 17.5 Å². The van der Waals surface area contributed by atoms with Crippen molar-refractivity contribution in [1.29, 1.82) is 0 Å². The van der Waals surface area contributed by atoms with E-state index in [4.69, 9.17) is 5.73 Å². The average molecular weight is 381 g/mol. The monoisotopic (exact) mass is 381 g/mol. The molecule has 2 saturated carbocycles. The summed E-state index contributed by atoms with van der Waals surface area (Å²) in [7, 11) is 0. The Hall–Kier alpha value is -1.60. The van der Waals surface area contributed by atoms with Gasteiger partial charge in [-0.2, -0.15) is 13.2 Å². The first kappa shape index (κ1) is 18.7. The van der Waals surface area contributed by atoms with Gasteiger partial charge in [0, 0.05) is 31.7 Å². The van der Waals surface area contributed by atoms with Crippen molar-refractivity contribution in [2.75, 3.05) is 13.1 Å². The average Bonchev–Trinajstić information content (AvgIpc) is 3.31. The molecule has 5 atom stereocenters. The number of nitrogens with zero attached hydrogens (tertiary/aromatic N) is 1. The molecule has 4 nitrogen and oxygen atoms in total. The summed E-state index contributed by atoms with van der Waals surface area (Å²) in [5.74, 6) is 0.990. The molecule has 1 aliphatic heterocycles. The van der Waals surface area contributed by atoms with Gasteiger partial charge in [0.1, 0.15) is 0 Å². The molecule has 2 aliphatic carbocycles. The molecule has 3 N–H and O–H groups in total. The number of carbonyl (C=O) groups excluding carboxylic acids is 1. The third-order valence-corrected chi connectivity index (χ3v) is 6.59. The number of nitrogens with two attached hydrogens (primary N) is 1. The molecule has 1 aromatic rings. The molecule has 5 unspecified atom stereocenters. The fourth-order valence-electron chi connectivity index (χ4n) is 5.17. The molecular formula is C20H26F3N3O. The topological polar surface area (TPSA) is 58.4 Å². The number of benzene rings is 1. The lowest BCUT2D eigenvalue weighted by atomic mass is 9.84. The van der Waals surface area contributed by atoms with Gasteiger partial charge in [-0.05, 0) is 55.2 Å². The Morgan fingerprint density at radius 3 is 2.48 bits per heavy atom. The van der Waals surface area contributed by atoms with E-state index in [9.17, 15) is 18.0 Å². The van der Waals surface area contributed by atoms with E-state index in [1.165, 1.54) is 12.1 Å². The Bertz CT molecular complexity index is 689. The molecule has 1 heterocycles. The van der Waals surface area contributed by atoms with E-state index < -0.39 is 11.7 Å². The Labute approximate surface area is 157 Å². The lowest BCUT2D eigenvalue weighted by Crippen LogP contribution is -2.48. The van der Waals surface area contributed by atoms with Gasteiger partial charge in [-0.3, -0.25) is 9.69 Å². The van der Waals surface area contributed by atoms with Gasteiger partial charge in [0.05, 0.1) is 11.5 Å². The van der Waals surface area contributed by atoms with Crippen LogP contribution in [0.3, 0.4) is 0 Å². The van der Waals surface area contributed by atoms with Crippen LogP contribution >= 0.6 is 0 Å². The van der Waals surface area contributed by atoms with E-state index in [-0.39, 0.29) is 23.9 Å². The Morgan fingerprint density at radius 2 is 1.85 bits per heavy atom. The van der Waals surface area contributed by atoms with Crippen LogP contribution in [0.4, 0.5) is 13.2 Å². The highest BCUT2D eigenvalue weighted by atomic mass is 19.4. The molecule has 3 fully saturated rings. The lowest BCUT2D eigenvalue weighted by Gasteiger charge is -2.28. The van der Waals surface area contributed by atoms with E-state index in [1.807, 2.05) is 0 Å². The molecular weight excluding hydrogens is 355 g/mol. The van der Waals surface area contributed by atoms with E-state index in [0.717, 1.165) is 56.5 Å². The number of carbonyl (C=O) groups is 1. The minimum absolute atomic E-state index is 0.00611. The second kappa shape index (κ2) is 7.09. The lowest BCUT2D eigenvalue weighted by molar-refractivity contribution is -0.137. The van der Waals surface area contributed by atoms with E-state index in [2.05, 4.69) is 10.2 Å². The van der Waals surface area contributed by atoms with Crippen molar-refractivity contribution in [3.8, 4) is 0 Å². The molecule has 0 spiro atoms. The smallest absolute Gasteiger partial charge is 0.352 e. The second-order valence-corrected chi connectivity index (χ2v) is 8.36. The van der Waals surface area contributed by atoms with Crippen LogP contribution in [-0.4, -0.2) is 36.0 Å². The first-order valence-corrected chi connectivity index (χ1v) is 9.75. The molecule has 0 aromatic heterocycles. The minimum Gasteiger partial charge on any atom is -0.352 e. The zero-order valence-corrected chi connectivity index (χ0v) is 15.2. The van der Waals surface area contributed by atoms with Crippen LogP contribution in [0.15, 0.2) is 24.3 Å². The summed E-state index contributed by atoms with van der Waals surface area (Å²) in [5.41, 5.74) is 6.49. The van der Waals surface area contributed by atoms with Crippen molar-refractivity contribution in [2.24, 2.45) is 23.5 Å². The molecule has 1 amide bonds. The first-order valence-electron chi connectivity index (χ1n) is 9.75. The molecule has 3 aliphatic rings. The van der Waals surface area contributed by atoms with E-state index in [1.54, 1.807) is 0 Å². The summed E-state index contributed by atoms with van der Waals surface area (Å²) in [5, 5.41) is 3.17. The van der Waals surface area contributed by atoms with Crippen LogP contribution < -0.4 is 11.1 Å². The van der Waals surface area contributed by atoms with Gasteiger partial charge in [0.2, 0.25) is 5.91 Å². The Morgan fingerprint density at radius 1 is 1.15 bits per heavy atom. The van der Waals surface area contributed by atoms with Crippen LogP contribution in [0, 0.1) is 17.8 Å². The molecule has 4 rings (SSSR count). The summed E-state index contributed by atoms with van der Waals surface area (Å²) in [6, 6.07) is 5.40. The standard InChI is InChI=1S/C20H26F3N3O/c21-20(22,23)15-5-1-12(2-6-15)10-26-8-7-16(11-26)25-19(27)17-13-3-4-14(9-13)18(17)24/h1-2,5-6,13-14,16-18H,3-4,7-11,24H2,(H,25,27). The maximum Gasteiger partial charge on any atom is 0.416 e.